The van der Waals surface area contributed by atoms with Gasteiger partial charge in [0.15, 0.2) is 0 Å². The third kappa shape index (κ3) is 3.26. The number of imidazole rings is 1. The molecule has 28 heavy (non-hydrogen) atoms. The average molecular weight is 404 g/mol. The van der Waals surface area contributed by atoms with Gasteiger partial charge in [0.1, 0.15) is 10.8 Å². The van der Waals surface area contributed by atoms with Crippen molar-refractivity contribution in [3.8, 4) is 21.8 Å². The zero-order valence-corrected chi connectivity index (χ0v) is 15.7. The molecule has 10 heteroatoms. The molecule has 0 bridgehead atoms. The van der Waals surface area contributed by atoms with Crippen LogP contribution < -0.4 is 10.6 Å². The minimum absolute atomic E-state index is 0.232. The molecule has 4 rings (SSSR count). The maximum Gasteiger partial charge on any atom is 0.419 e. The summed E-state index contributed by atoms with van der Waals surface area (Å²) < 4.78 is 40.7. The van der Waals surface area contributed by atoms with Gasteiger partial charge in [-0.05, 0) is 18.2 Å². The molecule has 0 radical (unpaired) electrons. The van der Waals surface area contributed by atoms with Gasteiger partial charge in [0.2, 0.25) is 4.96 Å². The second-order valence-corrected chi connectivity index (χ2v) is 7.32. The number of halogens is 3. The maximum absolute atomic E-state index is 13.1. The third-order valence-electron chi connectivity index (χ3n) is 4.17. The van der Waals surface area contributed by atoms with Gasteiger partial charge in [-0.15, -0.1) is 0 Å². The summed E-state index contributed by atoms with van der Waals surface area (Å²) in [7, 11) is 3.91. The highest BCUT2D eigenvalue weighted by atomic mass is 32.1. The number of alkyl halides is 3. The predicted molar refractivity (Wildman–Crippen MR) is 103 cm³/mol. The van der Waals surface area contributed by atoms with Crippen LogP contribution in [0.2, 0.25) is 0 Å². The molecular formula is C18H15F3N6S. The lowest BCUT2D eigenvalue weighted by Crippen LogP contribution is -2.10. The van der Waals surface area contributed by atoms with Gasteiger partial charge in [-0.1, -0.05) is 23.5 Å². The number of anilines is 2. The van der Waals surface area contributed by atoms with Crippen LogP contribution in [0.4, 0.5) is 24.7 Å². The van der Waals surface area contributed by atoms with Crippen molar-refractivity contribution in [2.75, 3.05) is 24.7 Å². The van der Waals surface area contributed by atoms with Crippen molar-refractivity contribution < 1.29 is 13.2 Å². The molecular weight excluding hydrogens is 389 g/mol. The van der Waals surface area contributed by atoms with E-state index in [4.69, 9.17) is 5.73 Å². The quantitative estimate of drug-likeness (QED) is 0.554. The molecule has 0 fully saturated rings. The van der Waals surface area contributed by atoms with Crippen LogP contribution in [0.25, 0.3) is 26.8 Å². The van der Waals surface area contributed by atoms with Gasteiger partial charge in [0.25, 0.3) is 0 Å². The Balaban J connectivity index is 1.72. The van der Waals surface area contributed by atoms with Gasteiger partial charge in [-0.25, -0.2) is 14.5 Å². The highest BCUT2D eigenvalue weighted by Gasteiger charge is 2.34. The van der Waals surface area contributed by atoms with Crippen LogP contribution in [0.15, 0.2) is 42.7 Å². The molecule has 0 spiro atoms. The molecule has 0 saturated carbocycles. The SMILES string of the molecule is CN(C)c1cccc(-c2nn3cc(-c4cnc(N)c(C(F)(F)F)c4)nc3s2)c1. The summed E-state index contributed by atoms with van der Waals surface area (Å²) in [6.45, 7) is 0. The Labute approximate surface area is 162 Å². The molecule has 144 valence electrons. The lowest BCUT2D eigenvalue weighted by molar-refractivity contribution is -0.137. The van der Waals surface area contributed by atoms with Crippen LogP contribution in [-0.2, 0) is 6.18 Å². The molecule has 0 aliphatic rings. The number of nitrogen functional groups attached to an aromatic ring is 1. The Morgan fingerprint density at radius 3 is 2.61 bits per heavy atom. The summed E-state index contributed by atoms with van der Waals surface area (Å²) in [4.78, 5) is 10.6. The molecule has 0 unspecified atom stereocenters. The number of nitrogens with two attached hydrogens (primary N) is 1. The van der Waals surface area contributed by atoms with Crippen LogP contribution in [0.3, 0.4) is 0 Å². The number of aromatic nitrogens is 4. The number of benzene rings is 1. The van der Waals surface area contributed by atoms with E-state index in [-0.39, 0.29) is 5.56 Å². The molecule has 4 aromatic rings. The number of rotatable bonds is 3. The third-order valence-corrected chi connectivity index (χ3v) is 5.14. The standard InChI is InChI=1S/C18H15F3N6S/c1-26(2)12-5-3-4-10(6-12)16-25-27-9-14(24-17(27)28-16)11-7-13(18(19,20)21)15(22)23-8-11/h3-9H,1-2H3,(H2,22,23). The van der Waals surface area contributed by atoms with E-state index >= 15 is 0 Å². The zero-order valence-electron chi connectivity index (χ0n) is 14.9. The Morgan fingerprint density at radius 2 is 1.93 bits per heavy atom. The van der Waals surface area contributed by atoms with Crippen molar-refractivity contribution in [1.29, 1.82) is 0 Å². The predicted octanol–water partition coefficient (Wildman–Crippen LogP) is 4.19. The van der Waals surface area contributed by atoms with Gasteiger partial charge < -0.3 is 10.6 Å². The van der Waals surface area contributed by atoms with Crippen molar-refractivity contribution in [1.82, 2.24) is 19.6 Å². The van der Waals surface area contributed by atoms with E-state index in [0.29, 0.717) is 10.7 Å². The summed E-state index contributed by atoms with van der Waals surface area (Å²) in [6, 6.07) is 8.85. The summed E-state index contributed by atoms with van der Waals surface area (Å²) >= 11 is 1.35. The number of hydrogen-bond donors (Lipinski definition) is 1. The van der Waals surface area contributed by atoms with E-state index in [1.54, 1.807) is 10.7 Å². The number of nitrogens with zero attached hydrogens (tertiary/aromatic N) is 5. The van der Waals surface area contributed by atoms with Gasteiger partial charge >= 0.3 is 6.18 Å². The molecule has 0 atom stereocenters. The summed E-state index contributed by atoms with van der Waals surface area (Å²) in [5.41, 5.74) is 6.95. The molecule has 3 aromatic heterocycles. The number of fused-ring (bicyclic) bond motifs is 1. The Bertz CT molecular complexity index is 1130. The van der Waals surface area contributed by atoms with Crippen molar-refractivity contribution in [3.63, 3.8) is 0 Å². The fraction of sp³-hybridized carbons (Fsp3) is 0.167. The first-order valence-corrected chi connectivity index (χ1v) is 9.01. The lowest BCUT2D eigenvalue weighted by atomic mass is 10.1. The number of pyridine rings is 1. The fourth-order valence-corrected chi connectivity index (χ4v) is 3.59. The zero-order chi connectivity index (χ0) is 20.1. The summed E-state index contributed by atoms with van der Waals surface area (Å²) in [5, 5.41) is 5.27. The van der Waals surface area contributed by atoms with E-state index in [0.717, 1.165) is 22.3 Å². The first kappa shape index (κ1) is 18.2. The van der Waals surface area contributed by atoms with Gasteiger partial charge in [0.05, 0.1) is 17.5 Å². The summed E-state index contributed by atoms with van der Waals surface area (Å²) in [6.07, 6.45) is -1.72. The van der Waals surface area contributed by atoms with Gasteiger partial charge in [0, 0.05) is 37.1 Å². The average Bonchev–Trinajstić information content (AvgIpc) is 3.20. The lowest BCUT2D eigenvalue weighted by Gasteiger charge is -2.12. The normalized spacial score (nSPS) is 11.9. The van der Waals surface area contributed by atoms with Crippen LogP contribution in [0, 0.1) is 0 Å². The van der Waals surface area contributed by atoms with Gasteiger partial charge in [-0.2, -0.15) is 18.3 Å². The van der Waals surface area contributed by atoms with E-state index < -0.39 is 17.6 Å². The Hall–Kier alpha value is -3.14. The van der Waals surface area contributed by atoms with Crippen LogP contribution in [0.1, 0.15) is 5.56 Å². The first-order chi connectivity index (χ1) is 13.2. The van der Waals surface area contributed by atoms with Crippen LogP contribution in [0.5, 0.6) is 0 Å². The highest BCUT2D eigenvalue weighted by molar-refractivity contribution is 7.19. The van der Waals surface area contributed by atoms with Crippen molar-refractivity contribution in [2.24, 2.45) is 0 Å². The van der Waals surface area contributed by atoms with E-state index in [1.165, 1.54) is 17.5 Å². The monoisotopic (exact) mass is 404 g/mol. The molecule has 1 aromatic carbocycles. The highest BCUT2D eigenvalue weighted by Crippen LogP contribution is 2.35. The molecule has 3 heterocycles. The minimum Gasteiger partial charge on any atom is -0.383 e. The van der Waals surface area contributed by atoms with E-state index in [9.17, 15) is 13.2 Å². The van der Waals surface area contributed by atoms with E-state index in [1.807, 2.05) is 43.3 Å². The Morgan fingerprint density at radius 1 is 1.14 bits per heavy atom. The molecule has 0 aliphatic heterocycles. The first-order valence-electron chi connectivity index (χ1n) is 8.19. The molecule has 6 nitrogen and oxygen atoms in total. The van der Waals surface area contributed by atoms with Crippen LogP contribution in [-0.4, -0.2) is 33.7 Å². The van der Waals surface area contributed by atoms with E-state index in [2.05, 4.69) is 15.1 Å². The largest absolute Gasteiger partial charge is 0.419 e. The summed E-state index contributed by atoms with van der Waals surface area (Å²) in [5.74, 6) is -0.557. The van der Waals surface area contributed by atoms with Gasteiger partial charge in [-0.3, -0.25) is 0 Å². The number of hydrogen-bond acceptors (Lipinski definition) is 6. The topological polar surface area (TPSA) is 72.3 Å². The van der Waals surface area contributed by atoms with Crippen molar-refractivity contribution in [2.45, 2.75) is 6.18 Å². The molecule has 0 aliphatic carbocycles. The molecule has 0 amide bonds. The smallest absolute Gasteiger partial charge is 0.383 e. The minimum atomic E-state index is -4.58. The van der Waals surface area contributed by atoms with Crippen molar-refractivity contribution in [3.05, 3.63) is 48.3 Å². The molecule has 2 N–H and O–H groups in total. The maximum atomic E-state index is 13.1. The fourth-order valence-electron chi connectivity index (χ4n) is 2.72. The van der Waals surface area contributed by atoms with Crippen LogP contribution >= 0.6 is 11.3 Å². The second-order valence-electron chi connectivity index (χ2n) is 6.36. The molecule has 0 saturated heterocycles. The Kier molecular flexibility index (Phi) is 4.22. The second kappa shape index (κ2) is 6.48. The van der Waals surface area contributed by atoms with Crippen molar-refractivity contribution >= 4 is 27.8 Å².